The molecule has 0 aliphatic carbocycles. The summed E-state index contributed by atoms with van der Waals surface area (Å²) in [6.45, 7) is 0.703. The number of ether oxygens (including phenoxy) is 1. The zero-order valence-corrected chi connectivity index (χ0v) is 9.80. The van der Waals surface area contributed by atoms with Crippen LogP contribution in [0.3, 0.4) is 0 Å². The molecule has 1 aromatic rings. The summed E-state index contributed by atoms with van der Waals surface area (Å²) in [5.74, 6) is 0.377. The first-order chi connectivity index (χ1) is 8.27. The van der Waals surface area contributed by atoms with E-state index < -0.39 is 0 Å². The lowest BCUT2D eigenvalue weighted by atomic mass is 10.2. The SMILES string of the molecule is COc1cnccc1C(=O)N1CCC[C@@H]1CO. The Bertz CT molecular complexity index is 408. The molecule has 2 rings (SSSR count). The van der Waals surface area contributed by atoms with Gasteiger partial charge < -0.3 is 14.7 Å². The van der Waals surface area contributed by atoms with Gasteiger partial charge in [-0.3, -0.25) is 9.78 Å². The van der Waals surface area contributed by atoms with Gasteiger partial charge >= 0.3 is 0 Å². The Hall–Kier alpha value is -1.62. The molecular formula is C12H16N2O3. The molecule has 0 saturated carbocycles. The second-order valence-electron chi connectivity index (χ2n) is 4.05. The summed E-state index contributed by atoms with van der Waals surface area (Å²) in [4.78, 5) is 17.9. The van der Waals surface area contributed by atoms with E-state index >= 15 is 0 Å². The van der Waals surface area contributed by atoms with E-state index in [0.717, 1.165) is 12.8 Å². The molecule has 1 N–H and O–H groups in total. The van der Waals surface area contributed by atoms with Crippen LogP contribution >= 0.6 is 0 Å². The Balaban J connectivity index is 2.24. The van der Waals surface area contributed by atoms with Crippen molar-refractivity contribution in [3.63, 3.8) is 0 Å². The zero-order chi connectivity index (χ0) is 12.3. The molecule has 0 spiro atoms. The number of pyridine rings is 1. The van der Waals surface area contributed by atoms with E-state index in [4.69, 9.17) is 4.74 Å². The molecule has 0 bridgehead atoms. The van der Waals surface area contributed by atoms with Crippen molar-refractivity contribution in [2.45, 2.75) is 18.9 Å². The number of likely N-dealkylation sites (tertiary alicyclic amines) is 1. The molecule has 1 aliphatic heterocycles. The molecule has 0 aromatic carbocycles. The van der Waals surface area contributed by atoms with Crippen LogP contribution in [0.15, 0.2) is 18.5 Å². The molecule has 0 radical (unpaired) electrons. The zero-order valence-electron chi connectivity index (χ0n) is 9.80. The number of aliphatic hydroxyl groups is 1. The van der Waals surface area contributed by atoms with Crippen LogP contribution in [0, 0.1) is 0 Å². The Kier molecular flexibility index (Phi) is 3.58. The summed E-state index contributed by atoms with van der Waals surface area (Å²) in [6, 6.07) is 1.58. The fourth-order valence-electron chi connectivity index (χ4n) is 2.17. The van der Waals surface area contributed by atoms with Crippen molar-refractivity contribution in [1.29, 1.82) is 0 Å². The number of hydrogen-bond acceptors (Lipinski definition) is 4. The van der Waals surface area contributed by atoms with Crippen LogP contribution < -0.4 is 4.74 Å². The summed E-state index contributed by atoms with van der Waals surface area (Å²) in [6.07, 6.45) is 4.89. The fraction of sp³-hybridized carbons (Fsp3) is 0.500. The van der Waals surface area contributed by atoms with Gasteiger partial charge in [-0.05, 0) is 18.9 Å². The van der Waals surface area contributed by atoms with Gasteiger partial charge in [0, 0.05) is 12.7 Å². The molecular weight excluding hydrogens is 220 g/mol. The molecule has 1 atom stereocenters. The number of nitrogens with zero attached hydrogens (tertiary/aromatic N) is 2. The van der Waals surface area contributed by atoms with Gasteiger partial charge in [0.05, 0.1) is 31.5 Å². The van der Waals surface area contributed by atoms with E-state index in [1.54, 1.807) is 17.2 Å². The summed E-state index contributed by atoms with van der Waals surface area (Å²) in [5, 5.41) is 9.22. The average Bonchev–Trinajstić information content (AvgIpc) is 2.86. The van der Waals surface area contributed by atoms with Gasteiger partial charge in [0.15, 0.2) is 0 Å². The van der Waals surface area contributed by atoms with Crippen LogP contribution in [-0.4, -0.2) is 47.2 Å². The third kappa shape index (κ3) is 2.24. The summed E-state index contributed by atoms with van der Waals surface area (Å²) >= 11 is 0. The number of carbonyl (C=O) groups is 1. The normalized spacial score (nSPS) is 19.4. The Morgan fingerprint density at radius 1 is 1.71 bits per heavy atom. The Labute approximate surface area is 100 Å². The Morgan fingerprint density at radius 2 is 2.53 bits per heavy atom. The summed E-state index contributed by atoms with van der Waals surface area (Å²) in [5.41, 5.74) is 0.503. The van der Waals surface area contributed by atoms with Crippen LogP contribution in [0.2, 0.25) is 0 Å². The van der Waals surface area contributed by atoms with E-state index in [9.17, 15) is 9.90 Å². The highest BCUT2D eigenvalue weighted by molar-refractivity contribution is 5.97. The van der Waals surface area contributed by atoms with Crippen LogP contribution in [0.25, 0.3) is 0 Å². The molecule has 5 nitrogen and oxygen atoms in total. The lowest BCUT2D eigenvalue weighted by molar-refractivity contribution is 0.0674. The lowest BCUT2D eigenvalue weighted by Crippen LogP contribution is -2.37. The highest BCUT2D eigenvalue weighted by Gasteiger charge is 2.30. The van der Waals surface area contributed by atoms with Gasteiger partial charge in [-0.1, -0.05) is 0 Å². The molecule has 0 unspecified atom stereocenters. The maximum absolute atomic E-state index is 12.3. The third-order valence-corrected chi connectivity index (χ3v) is 3.08. The topological polar surface area (TPSA) is 62.7 Å². The molecule has 1 fully saturated rings. The largest absolute Gasteiger partial charge is 0.494 e. The highest BCUT2D eigenvalue weighted by Crippen LogP contribution is 2.23. The minimum Gasteiger partial charge on any atom is -0.494 e. The van der Waals surface area contributed by atoms with Crippen molar-refractivity contribution < 1.29 is 14.6 Å². The van der Waals surface area contributed by atoms with Crippen molar-refractivity contribution in [1.82, 2.24) is 9.88 Å². The predicted octanol–water partition coefficient (Wildman–Crippen LogP) is 0.687. The van der Waals surface area contributed by atoms with Crippen molar-refractivity contribution in [3.8, 4) is 5.75 Å². The molecule has 5 heteroatoms. The van der Waals surface area contributed by atoms with Crippen LogP contribution in [0.5, 0.6) is 5.75 Å². The van der Waals surface area contributed by atoms with E-state index in [0.29, 0.717) is 17.9 Å². The first-order valence-electron chi connectivity index (χ1n) is 5.67. The molecule has 2 heterocycles. The van der Waals surface area contributed by atoms with Crippen molar-refractivity contribution >= 4 is 5.91 Å². The van der Waals surface area contributed by atoms with Gasteiger partial charge in [-0.15, -0.1) is 0 Å². The number of amides is 1. The van der Waals surface area contributed by atoms with Crippen LogP contribution in [0.4, 0.5) is 0 Å². The quantitative estimate of drug-likeness (QED) is 0.838. The standard InChI is InChI=1S/C12H16N2O3/c1-17-11-7-13-5-4-10(11)12(16)14-6-2-3-9(14)8-15/h4-5,7,9,15H,2-3,6,8H2,1H3/t9-/m1/s1. The van der Waals surface area contributed by atoms with Crippen molar-refractivity contribution in [2.24, 2.45) is 0 Å². The minimum atomic E-state index is -0.0965. The lowest BCUT2D eigenvalue weighted by Gasteiger charge is -2.23. The first kappa shape index (κ1) is 11.9. The molecule has 1 aliphatic rings. The number of hydrogen-bond donors (Lipinski definition) is 1. The van der Waals surface area contributed by atoms with Gasteiger partial charge in [0.2, 0.25) is 0 Å². The third-order valence-electron chi connectivity index (χ3n) is 3.08. The molecule has 17 heavy (non-hydrogen) atoms. The number of rotatable bonds is 3. The van der Waals surface area contributed by atoms with E-state index in [1.807, 2.05) is 0 Å². The number of aromatic nitrogens is 1. The minimum absolute atomic E-state index is 0.0130. The second kappa shape index (κ2) is 5.14. The van der Waals surface area contributed by atoms with Crippen LogP contribution in [0.1, 0.15) is 23.2 Å². The van der Waals surface area contributed by atoms with E-state index in [1.165, 1.54) is 13.3 Å². The molecule has 1 amide bonds. The second-order valence-corrected chi connectivity index (χ2v) is 4.05. The molecule has 1 saturated heterocycles. The summed E-state index contributed by atoms with van der Waals surface area (Å²) < 4.78 is 5.12. The van der Waals surface area contributed by atoms with Crippen molar-refractivity contribution in [3.05, 3.63) is 24.0 Å². The number of carbonyl (C=O) groups excluding carboxylic acids is 1. The van der Waals surface area contributed by atoms with Crippen molar-refractivity contribution in [2.75, 3.05) is 20.3 Å². The van der Waals surface area contributed by atoms with E-state index in [-0.39, 0.29) is 18.6 Å². The molecule has 92 valence electrons. The average molecular weight is 236 g/mol. The van der Waals surface area contributed by atoms with Gasteiger partial charge in [0.1, 0.15) is 5.75 Å². The highest BCUT2D eigenvalue weighted by atomic mass is 16.5. The van der Waals surface area contributed by atoms with Gasteiger partial charge in [0.25, 0.3) is 5.91 Å². The fourth-order valence-corrected chi connectivity index (χ4v) is 2.17. The monoisotopic (exact) mass is 236 g/mol. The first-order valence-corrected chi connectivity index (χ1v) is 5.67. The molecule has 1 aromatic heterocycles. The maximum Gasteiger partial charge on any atom is 0.258 e. The number of aliphatic hydroxyl groups excluding tert-OH is 1. The summed E-state index contributed by atoms with van der Waals surface area (Å²) in [7, 11) is 1.52. The smallest absolute Gasteiger partial charge is 0.258 e. The number of methoxy groups -OCH3 is 1. The predicted molar refractivity (Wildman–Crippen MR) is 61.9 cm³/mol. The van der Waals surface area contributed by atoms with Gasteiger partial charge in [-0.2, -0.15) is 0 Å². The van der Waals surface area contributed by atoms with E-state index in [2.05, 4.69) is 4.98 Å². The maximum atomic E-state index is 12.3. The van der Waals surface area contributed by atoms with Gasteiger partial charge in [-0.25, -0.2) is 0 Å². The Morgan fingerprint density at radius 3 is 3.24 bits per heavy atom. The van der Waals surface area contributed by atoms with Crippen LogP contribution in [-0.2, 0) is 0 Å².